The van der Waals surface area contributed by atoms with Crippen LogP contribution < -0.4 is 16.8 Å². The third-order valence-electron chi connectivity index (χ3n) is 2.78. The number of hydrogen-bond acceptors (Lipinski definition) is 5. The van der Waals surface area contributed by atoms with E-state index in [0.717, 1.165) is 0 Å². The summed E-state index contributed by atoms with van der Waals surface area (Å²) in [5, 5.41) is 0.521. The van der Waals surface area contributed by atoms with E-state index < -0.39 is 0 Å². The standard InChI is InChI=1S/C13H11N5O/c14-17-13-16-10-6-2-1-5-9(10)12(19)18(13)11-7-3-4-8-15-11/h1-8H,14H2,(H,16,17). The molecule has 3 N–H and O–H groups in total. The van der Waals surface area contributed by atoms with Gasteiger partial charge in [-0.2, -0.15) is 0 Å². The van der Waals surface area contributed by atoms with Gasteiger partial charge in [-0.15, -0.1) is 0 Å². The van der Waals surface area contributed by atoms with E-state index >= 15 is 0 Å². The molecule has 0 saturated heterocycles. The Labute approximate surface area is 108 Å². The first-order chi connectivity index (χ1) is 9.31. The van der Waals surface area contributed by atoms with Crippen LogP contribution in [0, 0.1) is 0 Å². The second-order valence-electron chi connectivity index (χ2n) is 3.93. The maximum atomic E-state index is 12.5. The van der Waals surface area contributed by atoms with Crippen LogP contribution in [0.5, 0.6) is 0 Å². The molecule has 0 aliphatic heterocycles. The monoisotopic (exact) mass is 253 g/mol. The van der Waals surface area contributed by atoms with Crippen LogP contribution >= 0.6 is 0 Å². The van der Waals surface area contributed by atoms with E-state index in [0.29, 0.717) is 16.7 Å². The summed E-state index contributed by atoms with van der Waals surface area (Å²) in [6.07, 6.45) is 1.61. The molecule has 94 valence electrons. The molecule has 0 unspecified atom stereocenters. The van der Waals surface area contributed by atoms with Gasteiger partial charge >= 0.3 is 0 Å². The van der Waals surface area contributed by atoms with Gasteiger partial charge in [0.2, 0.25) is 5.95 Å². The van der Waals surface area contributed by atoms with Crippen LogP contribution in [-0.2, 0) is 0 Å². The molecule has 1 aromatic carbocycles. The number of nitrogen functional groups attached to an aromatic ring is 1. The number of rotatable bonds is 2. The minimum atomic E-state index is -0.211. The number of fused-ring (bicyclic) bond motifs is 1. The predicted molar refractivity (Wildman–Crippen MR) is 72.9 cm³/mol. The van der Waals surface area contributed by atoms with Gasteiger partial charge in [0.15, 0.2) is 0 Å². The van der Waals surface area contributed by atoms with Crippen LogP contribution in [0.25, 0.3) is 16.7 Å². The summed E-state index contributed by atoms with van der Waals surface area (Å²) < 4.78 is 1.35. The van der Waals surface area contributed by atoms with Crippen molar-refractivity contribution in [3.63, 3.8) is 0 Å². The number of pyridine rings is 1. The van der Waals surface area contributed by atoms with E-state index in [4.69, 9.17) is 5.84 Å². The number of aromatic nitrogens is 3. The minimum Gasteiger partial charge on any atom is -0.293 e. The first-order valence-corrected chi connectivity index (χ1v) is 5.71. The Morgan fingerprint density at radius 1 is 1.11 bits per heavy atom. The molecule has 2 aromatic heterocycles. The highest BCUT2D eigenvalue weighted by atomic mass is 16.1. The van der Waals surface area contributed by atoms with Gasteiger partial charge in [0.05, 0.1) is 10.9 Å². The number of nitrogens with two attached hydrogens (primary N) is 1. The SMILES string of the molecule is NNc1nc2ccccc2c(=O)n1-c1ccccn1. The lowest BCUT2D eigenvalue weighted by molar-refractivity contribution is 0.918. The molecule has 2 heterocycles. The average Bonchev–Trinajstić information content (AvgIpc) is 2.48. The quantitative estimate of drug-likeness (QED) is 0.527. The highest BCUT2D eigenvalue weighted by molar-refractivity contribution is 5.79. The van der Waals surface area contributed by atoms with E-state index in [1.165, 1.54) is 4.57 Å². The smallest absolute Gasteiger partial charge is 0.268 e. The van der Waals surface area contributed by atoms with Gasteiger partial charge in [0.25, 0.3) is 5.56 Å². The molecule has 3 aromatic rings. The molecule has 0 bridgehead atoms. The number of nitrogens with zero attached hydrogens (tertiary/aromatic N) is 3. The molecule has 0 saturated carbocycles. The van der Waals surface area contributed by atoms with Crippen LogP contribution in [0.15, 0.2) is 53.5 Å². The first kappa shape index (κ1) is 11.4. The van der Waals surface area contributed by atoms with Gasteiger partial charge in [-0.1, -0.05) is 18.2 Å². The summed E-state index contributed by atoms with van der Waals surface area (Å²) in [5.74, 6) is 6.17. The first-order valence-electron chi connectivity index (χ1n) is 5.71. The van der Waals surface area contributed by atoms with Crippen molar-refractivity contribution in [3.8, 4) is 5.82 Å². The fourth-order valence-corrected chi connectivity index (χ4v) is 1.93. The van der Waals surface area contributed by atoms with Crippen LogP contribution in [-0.4, -0.2) is 14.5 Å². The predicted octanol–water partition coefficient (Wildman–Crippen LogP) is 1.07. The van der Waals surface area contributed by atoms with Crippen LogP contribution in [0.3, 0.4) is 0 Å². The summed E-state index contributed by atoms with van der Waals surface area (Å²) in [4.78, 5) is 21.0. The normalized spacial score (nSPS) is 10.6. The second kappa shape index (κ2) is 4.51. The van der Waals surface area contributed by atoms with Gasteiger partial charge in [0.1, 0.15) is 5.82 Å². The summed E-state index contributed by atoms with van der Waals surface area (Å²) in [6, 6.07) is 12.4. The molecular formula is C13H11N5O. The molecule has 0 aliphatic rings. The van der Waals surface area contributed by atoms with Crippen molar-refractivity contribution >= 4 is 16.9 Å². The maximum Gasteiger partial charge on any atom is 0.268 e. The highest BCUT2D eigenvalue weighted by Crippen LogP contribution is 2.13. The van der Waals surface area contributed by atoms with Gasteiger partial charge < -0.3 is 0 Å². The fraction of sp³-hybridized carbons (Fsp3) is 0. The second-order valence-corrected chi connectivity index (χ2v) is 3.93. The van der Waals surface area contributed by atoms with Crippen molar-refractivity contribution in [2.75, 3.05) is 5.43 Å². The molecule has 0 amide bonds. The molecular weight excluding hydrogens is 242 g/mol. The van der Waals surface area contributed by atoms with Crippen LogP contribution in [0.2, 0.25) is 0 Å². The Bertz CT molecular complexity index is 782. The average molecular weight is 253 g/mol. The molecule has 0 aliphatic carbocycles. The number of hydrazine groups is 1. The van der Waals surface area contributed by atoms with E-state index in [-0.39, 0.29) is 11.5 Å². The van der Waals surface area contributed by atoms with Crippen molar-refractivity contribution < 1.29 is 0 Å². The zero-order valence-electron chi connectivity index (χ0n) is 9.95. The molecule has 0 atom stereocenters. The van der Waals surface area contributed by atoms with Gasteiger partial charge in [-0.25, -0.2) is 20.4 Å². The van der Waals surface area contributed by atoms with E-state index in [1.807, 2.05) is 6.07 Å². The molecule has 3 rings (SSSR count). The topological polar surface area (TPSA) is 85.8 Å². The lowest BCUT2D eigenvalue weighted by atomic mass is 10.2. The number of benzene rings is 1. The van der Waals surface area contributed by atoms with Crippen molar-refractivity contribution in [2.24, 2.45) is 5.84 Å². The third kappa shape index (κ3) is 1.84. The molecule has 6 nitrogen and oxygen atoms in total. The van der Waals surface area contributed by atoms with Crippen molar-refractivity contribution in [1.82, 2.24) is 14.5 Å². The molecule has 6 heteroatoms. The lowest BCUT2D eigenvalue weighted by Crippen LogP contribution is -2.26. The number of hydrogen-bond donors (Lipinski definition) is 2. The summed E-state index contributed by atoms with van der Waals surface area (Å²) >= 11 is 0. The Morgan fingerprint density at radius 2 is 1.89 bits per heavy atom. The molecule has 0 fully saturated rings. The van der Waals surface area contributed by atoms with Gasteiger partial charge in [-0.3, -0.25) is 10.2 Å². The maximum absolute atomic E-state index is 12.5. The van der Waals surface area contributed by atoms with Crippen molar-refractivity contribution in [2.45, 2.75) is 0 Å². The number of para-hydroxylation sites is 1. The van der Waals surface area contributed by atoms with Crippen LogP contribution in [0.4, 0.5) is 5.95 Å². The summed E-state index contributed by atoms with van der Waals surface area (Å²) in [6.45, 7) is 0. The van der Waals surface area contributed by atoms with Gasteiger partial charge in [-0.05, 0) is 24.3 Å². The van der Waals surface area contributed by atoms with E-state index in [2.05, 4.69) is 15.4 Å². The van der Waals surface area contributed by atoms with E-state index in [1.54, 1.807) is 42.6 Å². The van der Waals surface area contributed by atoms with Crippen molar-refractivity contribution in [1.29, 1.82) is 0 Å². The summed E-state index contributed by atoms with van der Waals surface area (Å²) in [5.41, 5.74) is 2.82. The third-order valence-corrected chi connectivity index (χ3v) is 2.78. The van der Waals surface area contributed by atoms with Gasteiger partial charge in [0, 0.05) is 6.20 Å². The Morgan fingerprint density at radius 3 is 2.63 bits per heavy atom. The van der Waals surface area contributed by atoms with Crippen LogP contribution in [0.1, 0.15) is 0 Å². The Hall–Kier alpha value is -2.73. The van der Waals surface area contributed by atoms with E-state index in [9.17, 15) is 4.79 Å². The molecule has 19 heavy (non-hydrogen) atoms. The summed E-state index contributed by atoms with van der Waals surface area (Å²) in [7, 11) is 0. The number of anilines is 1. The zero-order chi connectivity index (χ0) is 13.2. The minimum absolute atomic E-state index is 0.211. The highest BCUT2D eigenvalue weighted by Gasteiger charge is 2.11. The molecule has 0 radical (unpaired) electrons. The van der Waals surface area contributed by atoms with Crippen molar-refractivity contribution in [3.05, 3.63) is 59.0 Å². The fourth-order valence-electron chi connectivity index (χ4n) is 1.93. The number of nitrogens with one attached hydrogen (secondary N) is 1. The lowest BCUT2D eigenvalue weighted by Gasteiger charge is -2.11. The largest absolute Gasteiger partial charge is 0.293 e. The Balaban J connectivity index is 2.41. The Kier molecular flexibility index (Phi) is 2.70. The zero-order valence-corrected chi connectivity index (χ0v) is 9.95. The molecule has 0 spiro atoms.